The van der Waals surface area contributed by atoms with Crippen molar-refractivity contribution < 1.29 is 17.9 Å². The van der Waals surface area contributed by atoms with Gasteiger partial charge in [0.25, 0.3) is 9.05 Å². The molecule has 0 spiro atoms. The number of amides is 1. The number of carbonyl (C=O) groups is 1. The van der Waals surface area contributed by atoms with E-state index in [0.717, 1.165) is 18.4 Å². The van der Waals surface area contributed by atoms with Crippen LogP contribution in [0.5, 0.6) is 0 Å². The van der Waals surface area contributed by atoms with E-state index in [9.17, 15) is 13.2 Å². The standard InChI is InChI=1S/C13H16ClNO4S/c1-9(15-13(16)12-3-2-8-19-12)10-4-6-11(7-5-10)20(14,17)18/h4-7,9,12H,2-3,8H2,1H3,(H,15,16). The molecule has 110 valence electrons. The first kappa shape index (κ1) is 15.3. The second-order valence-corrected chi connectivity index (χ2v) is 7.30. The van der Waals surface area contributed by atoms with Crippen molar-refractivity contribution in [2.24, 2.45) is 0 Å². The maximum Gasteiger partial charge on any atom is 0.261 e. The third kappa shape index (κ3) is 3.71. The molecule has 1 aliphatic heterocycles. The number of halogens is 1. The van der Waals surface area contributed by atoms with Gasteiger partial charge in [-0.3, -0.25) is 4.79 Å². The van der Waals surface area contributed by atoms with Crippen LogP contribution in [0.25, 0.3) is 0 Å². The fraction of sp³-hybridized carbons (Fsp3) is 0.462. The van der Waals surface area contributed by atoms with Crippen molar-refractivity contribution in [3.63, 3.8) is 0 Å². The van der Waals surface area contributed by atoms with Crippen molar-refractivity contribution >= 4 is 25.6 Å². The third-order valence-electron chi connectivity index (χ3n) is 3.24. The predicted molar refractivity (Wildman–Crippen MR) is 75.0 cm³/mol. The van der Waals surface area contributed by atoms with E-state index in [-0.39, 0.29) is 22.9 Å². The van der Waals surface area contributed by atoms with Crippen LogP contribution in [-0.2, 0) is 18.6 Å². The molecule has 2 rings (SSSR count). The van der Waals surface area contributed by atoms with Crippen LogP contribution in [0.1, 0.15) is 31.4 Å². The van der Waals surface area contributed by atoms with Gasteiger partial charge in [-0.2, -0.15) is 0 Å². The number of rotatable bonds is 4. The topological polar surface area (TPSA) is 72.5 Å². The lowest BCUT2D eigenvalue weighted by atomic mass is 10.1. The molecular weight excluding hydrogens is 302 g/mol. The van der Waals surface area contributed by atoms with Crippen LogP contribution in [0.4, 0.5) is 0 Å². The van der Waals surface area contributed by atoms with Crippen molar-refractivity contribution in [2.45, 2.75) is 36.8 Å². The summed E-state index contributed by atoms with van der Waals surface area (Å²) in [7, 11) is 1.53. The molecular formula is C13H16ClNO4S. The Hall–Kier alpha value is -1.11. The summed E-state index contributed by atoms with van der Waals surface area (Å²) < 4.78 is 27.6. The second-order valence-electron chi connectivity index (χ2n) is 4.74. The summed E-state index contributed by atoms with van der Waals surface area (Å²) in [6, 6.07) is 5.89. The molecule has 0 aliphatic carbocycles. The van der Waals surface area contributed by atoms with Gasteiger partial charge in [-0.1, -0.05) is 12.1 Å². The number of hydrogen-bond acceptors (Lipinski definition) is 4. The smallest absolute Gasteiger partial charge is 0.261 e. The molecule has 1 aliphatic rings. The highest BCUT2D eigenvalue weighted by molar-refractivity contribution is 8.13. The first-order valence-corrected chi connectivity index (χ1v) is 8.65. The van der Waals surface area contributed by atoms with E-state index in [1.165, 1.54) is 12.1 Å². The molecule has 5 nitrogen and oxygen atoms in total. The van der Waals surface area contributed by atoms with E-state index in [0.29, 0.717) is 6.61 Å². The summed E-state index contributed by atoms with van der Waals surface area (Å²) >= 11 is 0. The van der Waals surface area contributed by atoms with Crippen molar-refractivity contribution in [3.8, 4) is 0 Å². The number of nitrogens with one attached hydrogen (secondary N) is 1. The quantitative estimate of drug-likeness (QED) is 0.862. The molecule has 0 aromatic heterocycles. The molecule has 2 unspecified atom stereocenters. The van der Waals surface area contributed by atoms with Crippen molar-refractivity contribution in [3.05, 3.63) is 29.8 Å². The lowest BCUT2D eigenvalue weighted by Crippen LogP contribution is -2.35. The van der Waals surface area contributed by atoms with Crippen LogP contribution >= 0.6 is 10.7 Å². The summed E-state index contributed by atoms with van der Waals surface area (Å²) in [4.78, 5) is 11.9. The molecule has 1 aromatic rings. The number of ether oxygens (including phenoxy) is 1. The van der Waals surface area contributed by atoms with Crippen LogP contribution in [-0.4, -0.2) is 27.0 Å². The summed E-state index contributed by atoms with van der Waals surface area (Å²) in [6.07, 6.45) is 1.26. The molecule has 1 N–H and O–H groups in total. The SMILES string of the molecule is CC(NC(=O)C1CCCO1)c1ccc(S(=O)(=O)Cl)cc1. The lowest BCUT2D eigenvalue weighted by molar-refractivity contribution is -0.130. The maximum atomic E-state index is 11.9. The zero-order valence-corrected chi connectivity index (χ0v) is 12.6. The second kappa shape index (κ2) is 6.11. The van der Waals surface area contributed by atoms with Gasteiger partial charge in [0, 0.05) is 17.3 Å². The molecule has 1 aromatic carbocycles. The minimum atomic E-state index is -3.72. The van der Waals surface area contributed by atoms with Crippen LogP contribution < -0.4 is 5.32 Å². The summed E-state index contributed by atoms with van der Waals surface area (Å²) in [5, 5.41) is 2.85. The maximum absolute atomic E-state index is 11.9. The first-order valence-electron chi connectivity index (χ1n) is 6.34. The number of hydrogen-bond donors (Lipinski definition) is 1. The lowest BCUT2D eigenvalue weighted by Gasteiger charge is -2.17. The highest BCUT2D eigenvalue weighted by atomic mass is 35.7. The Labute approximate surface area is 122 Å². The number of benzene rings is 1. The fourth-order valence-corrected chi connectivity index (χ4v) is 2.86. The minimum absolute atomic E-state index is 0.0422. The molecule has 20 heavy (non-hydrogen) atoms. The molecule has 2 atom stereocenters. The zero-order valence-electron chi connectivity index (χ0n) is 11.0. The van der Waals surface area contributed by atoms with Crippen molar-refractivity contribution in [1.82, 2.24) is 5.32 Å². The molecule has 1 heterocycles. The molecule has 1 amide bonds. The van der Waals surface area contributed by atoms with E-state index < -0.39 is 9.05 Å². The van der Waals surface area contributed by atoms with E-state index >= 15 is 0 Å². The van der Waals surface area contributed by atoms with Gasteiger partial charge >= 0.3 is 0 Å². The van der Waals surface area contributed by atoms with Gasteiger partial charge in [0.15, 0.2) is 0 Å². The third-order valence-corrected chi connectivity index (χ3v) is 4.61. The average molecular weight is 318 g/mol. The minimum Gasteiger partial charge on any atom is -0.368 e. The highest BCUT2D eigenvalue weighted by Crippen LogP contribution is 2.20. The Kier molecular flexibility index (Phi) is 4.67. The van der Waals surface area contributed by atoms with Crippen LogP contribution in [0.3, 0.4) is 0 Å². The van der Waals surface area contributed by atoms with Gasteiger partial charge in [-0.05, 0) is 37.5 Å². The molecule has 7 heteroatoms. The Morgan fingerprint density at radius 1 is 1.40 bits per heavy atom. The summed E-state index contributed by atoms with van der Waals surface area (Å²) in [6.45, 7) is 2.45. The molecule has 0 saturated carbocycles. The zero-order chi connectivity index (χ0) is 14.8. The molecule has 1 saturated heterocycles. The predicted octanol–water partition coefficient (Wildman–Crippen LogP) is 1.97. The average Bonchev–Trinajstić information content (AvgIpc) is 2.91. The Morgan fingerprint density at radius 2 is 2.05 bits per heavy atom. The molecule has 0 bridgehead atoms. The molecule has 0 radical (unpaired) electrons. The van der Waals surface area contributed by atoms with E-state index in [2.05, 4.69) is 5.32 Å². The van der Waals surface area contributed by atoms with Gasteiger partial charge in [0.05, 0.1) is 10.9 Å². The van der Waals surface area contributed by atoms with E-state index in [1.807, 2.05) is 6.92 Å². The van der Waals surface area contributed by atoms with Crippen molar-refractivity contribution in [2.75, 3.05) is 6.61 Å². The largest absolute Gasteiger partial charge is 0.368 e. The van der Waals surface area contributed by atoms with E-state index in [4.69, 9.17) is 15.4 Å². The number of carbonyl (C=O) groups excluding carboxylic acids is 1. The van der Waals surface area contributed by atoms with Gasteiger partial charge < -0.3 is 10.1 Å². The Bertz CT molecular complexity index is 579. The van der Waals surface area contributed by atoms with Gasteiger partial charge in [0.2, 0.25) is 5.91 Å². The van der Waals surface area contributed by atoms with Crippen LogP contribution in [0.15, 0.2) is 29.2 Å². The fourth-order valence-electron chi connectivity index (χ4n) is 2.09. The van der Waals surface area contributed by atoms with Crippen LogP contribution in [0.2, 0.25) is 0 Å². The van der Waals surface area contributed by atoms with Gasteiger partial charge in [-0.25, -0.2) is 8.42 Å². The van der Waals surface area contributed by atoms with Crippen molar-refractivity contribution in [1.29, 1.82) is 0 Å². The Balaban J connectivity index is 2.02. The van der Waals surface area contributed by atoms with Gasteiger partial charge in [-0.15, -0.1) is 0 Å². The Morgan fingerprint density at radius 3 is 2.55 bits per heavy atom. The van der Waals surface area contributed by atoms with Gasteiger partial charge in [0.1, 0.15) is 6.10 Å². The molecule has 1 fully saturated rings. The van der Waals surface area contributed by atoms with E-state index in [1.54, 1.807) is 12.1 Å². The highest BCUT2D eigenvalue weighted by Gasteiger charge is 2.24. The normalized spacial score (nSPS) is 20.6. The summed E-state index contributed by atoms with van der Waals surface area (Å²) in [5.74, 6) is -0.135. The monoisotopic (exact) mass is 317 g/mol. The van der Waals surface area contributed by atoms with Crippen LogP contribution in [0, 0.1) is 0 Å². The first-order chi connectivity index (χ1) is 9.38. The summed E-state index contributed by atoms with van der Waals surface area (Å²) in [5.41, 5.74) is 0.806.